The standard InChI is InChI=1S/C15H19N3O4/c19-13(10-17-6-8-21-9-7-17)11-18-15(20)22-14(16-18)12-4-2-1-3-5-12/h1-5,13,19H,6-11H2. The molecule has 1 aromatic heterocycles. The number of benzene rings is 1. The van der Waals surface area contributed by atoms with Crippen molar-refractivity contribution in [1.82, 2.24) is 14.7 Å². The fourth-order valence-electron chi connectivity index (χ4n) is 2.46. The largest absolute Gasteiger partial charge is 0.437 e. The van der Waals surface area contributed by atoms with E-state index in [0.717, 1.165) is 18.7 Å². The van der Waals surface area contributed by atoms with Crippen LogP contribution in [-0.2, 0) is 11.3 Å². The maximum Gasteiger partial charge on any atom is 0.437 e. The van der Waals surface area contributed by atoms with Gasteiger partial charge in [-0.3, -0.25) is 4.90 Å². The molecule has 7 nitrogen and oxygen atoms in total. The van der Waals surface area contributed by atoms with Crippen molar-refractivity contribution in [2.24, 2.45) is 0 Å². The van der Waals surface area contributed by atoms with Crippen molar-refractivity contribution in [3.05, 3.63) is 40.9 Å². The Morgan fingerprint density at radius 2 is 1.91 bits per heavy atom. The minimum Gasteiger partial charge on any atom is -0.390 e. The smallest absolute Gasteiger partial charge is 0.390 e. The van der Waals surface area contributed by atoms with Gasteiger partial charge in [-0.15, -0.1) is 5.10 Å². The number of ether oxygens (including phenoxy) is 1. The van der Waals surface area contributed by atoms with Crippen molar-refractivity contribution in [2.75, 3.05) is 32.8 Å². The second kappa shape index (κ2) is 6.87. The highest BCUT2D eigenvalue weighted by molar-refractivity contribution is 5.51. The Balaban J connectivity index is 1.65. The average molecular weight is 305 g/mol. The number of rotatable bonds is 5. The van der Waals surface area contributed by atoms with Gasteiger partial charge in [-0.25, -0.2) is 4.79 Å². The Bertz CT molecular complexity index is 646. The molecule has 22 heavy (non-hydrogen) atoms. The molecule has 1 unspecified atom stereocenters. The Morgan fingerprint density at radius 3 is 2.64 bits per heavy atom. The second-order valence-electron chi connectivity index (χ2n) is 5.29. The number of nitrogens with zero attached hydrogens (tertiary/aromatic N) is 3. The van der Waals surface area contributed by atoms with Gasteiger partial charge in [-0.2, -0.15) is 4.68 Å². The van der Waals surface area contributed by atoms with E-state index in [2.05, 4.69) is 10.00 Å². The Kier molecular flexibility index (Phi) is 4.67. The molecule has 7 heteroatoms. The third-order valence-corrected chi connectivity index (χ3v) is 3.58. The van der Waals surface area contributed by atoms with Crippen molar-refractivity contribution in [3.63, 3.8) is 0 Å². The van der Waals surface area contributed by atoms with Gasteiger partial charge < -0.3 is 14.3 Å². The van der Waals surface area contributed by atoms with E-state index in [1.807, 2.05) is 30.3 Å². The maximum atomic E-state index is 11.8. The number of aromatic nitrogens is 2. The second-order valence-corrected chi connectivity index (χ2v) is 5.29. The van der Waals surface area contributed by atoms with Crippen LogP contribution in [0.2, 0.25) is 0 Å². The molecule has 1 N–H and O–H groups in total. The molecule has 1 saturated heterocycles. The molecular formula is C15H19N3O4. The molecule has 1 aliphatic rings. The first kappa shape index (κ1) is 15.0. The molecule has 1 aromatic carbocycles. The van der Waals surface area contributed by atoms with Gasteiger partial charge in [0.1, 0.15) is 0 Å². The van der Waals surface area contributed by atoms with Crippen molar-refractivity contribution in [1.29, 1.82) is 0 Å². The zero-order valence-corrected chi connectivity index (χ0v) is 12.2. The molecule has 2 aromatic rings. The molecule has 0 saturated carbocycles. The minimum atomic E-state index is -0.676. The normalized spacial score (nSPS) is 17.5. The highest BCUT2D eigenvalue weighted by Gasteiger charge is 2.18. The van der Waals surface area contributed by atoms with Crippen molar-refractivity contribution < 1.29 is 14.3 Å². The van der Waals surface area contributed by atoms with E-state index in [0.29, 0.717) is 19.8 Å². The van der Waals surface area contributed by atoms with Gasteiger partial charge in [-0.05, 0) is 12.1 Å². The average Bonchev–Trinajstić information content (AvgIpc) is 2.90. The lowest BCUT2D eigenvalue weighted by Crippen LogP contribution is -2.42. The molecule has 1 atom stereocenters. The topological polar surface area (TPSA) is 80.7 Å². The molecule has 0 bridgehead atoms. The predicted octanol–water partition coefficient (Wildman–Crippen LogP) is 0.196. The summed E-state index contributed by atoms with van der Waals surface area (Å²) in [5, 5.41) is 14.3. The van der Waals surface area contributed by atoms with E-state index in [1.54, 1.807) is 0 Å². The van der Waals surface area contributed by atoms with Gasteiger partial charge in [0, 0.05) is 25.2 Å². The number of hydrogen-bond acceptors (Lipinski definition) is 6. The molecule has 2 heterocycles. The molecule has 3 rings (SSSR count). The number of aliphatic hydroxyl groups is 1. The van der Waals surface area contributed by atoms with Crippen molar-refractivity contribution in [2.45, 2.75) is 12.6 Å². The van der Waals surface area contributed by atoms with Crippen LogP contribution in [0.25, 0.3) is 11.5 Å². The number of aliphatic hydroxyl groups excluding tert-OH is 1. The first-order valence-corrected chi connectivity index (χ1v) is 7.34. The lowest BCUT2D eigenvalue weighted by atomic mass is 10.2. The van der Waals surface area contributed by atoms with Gasteiger partial charge in [0.25, 0.3) is 0 Å². The molecule has 0 amide bonds. The molecule has 1 aliphatic heterocycles. The Labute approximate surface area is 127 Å². The summed E-state index contributed by atoms with van der Waals surface area (Å²) in [7, 11) is 0. The van der Waals surface area contributed by atoms with Crippen LogP contribution >= 0.6 is 0 Å². The molecular weight excluding hydrogens is 286 g/mol. The van der Waals surface area contributed by atoms with Crippen molar-refractivity contribution >= 4 is 0 Å². The zero-order chi connectivity index (χ0) is 15.4. The third kappa shape index (κ3) is 3.62. The first-order chi connectivity index (χ1) is 10.7. The zero-order valence-electron chi connectivity index (χ0n) is 12.2. The molecule has 118 valence electrons. The van der Waals surface area contributed by atoms with Crippen LogP contribution in [0.4, 0.5) is 0 Å². The molecule has 1 fully saturated rings. The van der Waals surface area contributed by atoms with E-state index in [4.69, 9.17) is 9.15 Å². The van der Waals surface area contributed by atoms with Crippen LogP contribution in [0.5, 0.6) is 0 Å². The Hall–Kier alpha value is -1.96. The molecule has 0 aliphatic carbocycles. The van der Waals surface area contributed by atoms with Crippen LogP contribution in [0.3, 0.4) is 0 Å². The van der Waals surface area contributed by atoms with Crippen LogP contribution in [-0.4, -0.2) is 58.7 Å². The van der Waals surface area contributed by atoms with Crippen LogP contribution in [0, 0.1) is 0 Å². The predicted molar refractivity (Wildman–Crippen MR) is 79.5 cm³/mol. The summed E-state index contributed by atoms with van der Waals surface area (Å²) in [6, 6.07) is 9.22. The number of morpholine rings is 1. The van der Waals surface area contributed by atoms with E-state index in [-0.39, 0.29) is 12.4 Å². The quantitative estimate of drug-likeness (QED) is 0.850. The molecule has 0 spiro atoms. The number of β-amino-alcohol motifs (C(OH)–C–C–N with tert-alkyl or cyclic N) is 1. The summed E-state index contributed by atoms with van der Waals surface area (Å²) < 4.78 is 11.6. The summed E-state index contributed by atoms with van der Waals surface area (Å²) in [4.78, 5) is 13.9. The summed E-state index contributed by atoms with van der Waals surface area (Å²) in [5.41, 5.74) is 0.737. The summed E-state index contributed by atoms with van der Waals surface area (Å²) in [6.07, 6.45) is -0.676. The lowest BCUT2D eigenvalue weighted by Gasteiger charge is -2.28. The summed E-state index contributed by atoms with van der Waals surface area (Å²) >= 11 is 0. The summed E-state index contributed by atoms with van der Waals surface area (Å²) in [6.45, 7) is 3.54. The molecule has 0 radical (unpaired) electrons. The monoisotopic (exact) mass is 305 g/mol. The minimum absolute atomic E-state index is 0.118. The van der Waals surface area contributed by atoms with E-state index < -0.39 is 11.9 Å². The van der Waals surface area contributed by atoms with E-state index in [9.17, 15) is 9.90 Å². The fraction of sp³-hybridized carbons (Fsp3) is 0.467. The van der Waals surface area contributed by atoms with Gasteiger partial charge in [0.05, 0.1) is 25.9 Å². The highest BCUT2D eigenvalue weighted by Crippen LogP contribution is 2.14. The first-order valence-electron chi connectivity index (χ1n) is 7.34. The number of hydrogen-bond donors (Lipinski definition) is 1. The van der Waals surface area contributed by atoms with Crippen molar-refractivity contribution in [3.8, 4) is 11.5 Å². The van der Waals surface area contributed by atoms with Crippen LogP contribution < -0.4 is 5.76 Å². The van der Waals surface area contributed by atoms with Gasteiger partial charge in [-0.1, -0.05) is 18.2 Å². The van der Waals surface area contributed by atoms with E-state index >= 15 is 0 Å². The third-order valence-electron chi connectivity index (χ3n) is 3.58. The van der Waals surface area contributed by atoms with E-state index in [1.165, 1.54) is 4.68 Å². The SMILES string of the molecule is O=c1oc(-c2ccccc2)nn1CC(O)CN1CCOCC1. The fourth-order valence-corrected chi connectivity index (χ4v) is 2.46. The lowest BCUT2D eigenvalue weighted by molar-refractivity contribution is 0.0105. The van der Waals surface area contributed by atoms with Crippen LogP contribution in [0.1, 0.15) is 0 Å². The Morgan fingerprint density at radius 1 is 1.18 bits per heavy atom. The van der Waals surface area contributed by atoms with Gasteiger partial charge in [0.15, 0.2) is 0 Å². The van der Waals surface area contributed by atoms with Crippen LogP contribution in [0.15, 0.2) is 39.5 Å². The van der Waals surface area contributed by atoms with Gasteiger partial charge in [0.2, 0.25) is 5.89 Å². The maximum absolute atomic E-state index is 11.8. The summed E-state index contributed by atoms with van der Waals surface area (Å²) in [5.74, 6) is -0.288. The van der Waals surface area contributed by atoms with Gasteiger partial charge >= 0.3 is 5.76 Å². The highest BCUT2D eigenvalue weighted by atomic mass is 16.5.